The van der Waals surface area contributed by atoms with Crippen molar-refractivity contribution in [2.45, 2.75) is 33.2 Å². The SMILES string of the molecule is Cc1ccc(NC(=O)CN2c3ccccc3CC2C)cc1C. The van der Waals surface area contributed by atoms with Gasteiger partial charge in [0.25, 0.3) is 0 Å². The van der Waals surface area contributed by atoms with Crippen LogP contribution in [0.15, 0.2) is 42.5 Å². The fourth-order valence-electron chi connectivity index (χ4n) is 3.04. The molecule has 2 aromatic carbocycles. The average Bonchev–Trinajstić information content (AvgIpc) is 2.79. The van der Waals surface area contributed by atoms with Gasteiger partial charge in [-0.3, -0.25) is 4.79 Å². The van der Waals surface area contributed by atoms with E-state index in [4.69, 9.17) is 0 Å². The van der Waals surface area contributed by atoms with E-state index < -0.39 is 0 Å². The Morgan fingerprint density at radius 3 is 2.73 bits per heavy atom. The molecule has 0 aromatic heterocycles. The number of carbonyl (C=O) groups excluding carboxylic acids is 1. The molecule has 3 heteroatoms. The zero-order chi connectivity index (χ0) is 15.7. The number of hydrogen-bond donors (Lipinski definition) is 1. The fourth-order valence-corrected chi connectivity index (χ4v) is 3.04. The van der Waals surface area contributed by atoms with Crippen LogP contribution in [0.5, 0.6) is 0 Å². The van der Waals surface area contributed by atoms with Gasteiger partial charge in [-0.2, -0.15) is 0 Å². The monoisotopic (exact) mass is 294 g/mol. The number of aryl methyl sites for hydroxylation is 2. The lowest BCUT2D eigenvalue weighted by molar-refractivity contribution is -0.115. The Hall–Kier alpha value is -2.29. The molecule has 114 valence electrons. The van der Waals surface area contributed by atoms with Crippen molar-refractivity contribution in [3.8, 4) is 0 Å². The van der Waals surface area contributed by atoms with E-state index in [2.05, 4.69) is 49.2 Å². The van der Waals surface area contributed by atoms with Gasteiger partial charge in [-0.25, -0.2) is 0 Å². The van der Waals surface area contributed by atoms with Gasteiger partial charge in [0.15, 0.2) is 0 Å². The topological polar surface area (TPSA) is 32.3 Å². The number of nitrogens with zero attached hydrogens (tertiary/aromatic N) is 1. The van der Waals surface area contributed by atoms with E-state index in [1.807, 2.05) is 24.3 Å². The first-order valence-corrected chi connectivity index (χ1v) is 7.76. The molecule has 0 aliphatic carbocycles. The third-order valence-corrected chi connectivity index (χ3v) is 4.45. The van der Waals surface area contributed by atoms with Crippen molar-refractivity contribution in [1.82, 2.24) is 0 Å². The number of carbonyl (C=O) groups is 1. The largest absolute Gasteiger partial charge is 0.359 e. The highest BCUT2D eigenvalue weighted by molar-refractivity contribution is 5.94. The minimum atomic E-state index is 0.0341. The second kappa shape index (κ2) is 5.84. The average molecular weight is 294 g/mol. The minimum absolute atomic E-state index is 0.0341. The number of rotatable bonds is 3. The van der Waals surface area contributed by atoms with Gasteiger partial charge >= 0.3 is 0 Å². The summed E-state index contributed by atoms with van der Waals surface area (Å²) in [6.45, 7) is 6.70. The van der Waals surface area contributed by atoms with Crippen LogP contribution in [0.25, 0.3) is 0 Å². The highest BCUT2D eigenvalue weighted by Crippen LogP contribution is 2.31. The molecule has 1 aliphatic rings. The van der Waals surface area contributed by atoms with Gasteiger partial charge in [0, 0.05) is 17.4 Å². The highest BCUT2D eigenvalue weighted by atomic mass is 16.2. The molecular weight excluding hydrogens is 272 g/mol. The van der Waals surface area contributed by atoms with Crippen LogP contribution in [0.2, 0.25) is 0 Å². The standard InChI is InChI=1S/C19H22N2O/c1-13-8-9-17(10-14(13)2)20-19(22)12-21-15(3)11-16-6-4-5-7-18(16)21/h4-10,15H,11-12H2,1-3H3,(H,20,22). The van der Waals surface area contributed by atoms with Crippen molar-refractivity contribution in [2.24, 2.45) is 0 Å². The molecule has 3 nitrogen and oxygen atoms in total. The van der Waals surface area contributed by atoms with E-state index in [0.717, 1.165) is 12.1 Å². The van der Waals surface area contributed by atoms with E-state index in [9.17, 15) is 4.79 Å². The van der Waals surface area contributed by atoms with Crippen LogP contribution in [-0.2, 0) is 11.2 Å². The molecule has 0 saturated carbocycles. The molecule has 22 heavy (non-hydrogen) atoms. The molecular formula is C19H22N2O. The number of benzene rings is 2. The van der Waals surface area contributed by atoms with Crippen LogP contribution in [-0.4, -0.2) is 18.5 Å². The smallest absolute Gasteiger partial charge is 0.243 e. The maximum atomic E-state index is 12.4. The quantitative estimate of drug-likeness (QED) is 0.936. The number of para-hydroxylation sites is 1. The Labute approximate surface area is 132 Å². The molecule has 0 saturated heterocycles. The Morgan fingerprint density at radius 2 is 1.95 bits per heavy atom. The Kier molecular flexibility index (Phi) is 3.88. The molecule has 1 atom stereocenters. The van der Waals surface area contributed by atoms with Crippen molar-refractivity contribution in [3.63, 3.8) is 0 Å². The summed E-state index contributed by atoms with van der Waals surface area (Å²) in [4.78, 5) is 14.6. The fraction of sp³-hybridized carbons (Fsp3) is 0.316. The summed E-state index contributed by atoms with van der Waals surface area (Å²) in [5, 5.41) is 3.01. The van der Waals surface area contributed by atoms with Crippen molar-refractivity contribution in [3.05, 3.63) is 59.2 Å². The molecule has 3 rings (SSSR count). The van der Waals surface area contributed by atoms with Crippen molar-refractivity contribution >= 4 is 17.3 Å². The van der Waals surface area contributed by atoms with Gasteiger partial charge in [0.2, 0.25) is 5.91 Å². The Bertz CT molecular complexity index is 708. The van der Waals surface area contributed by atoms with Crippen molar-refractivity contribution in [2.75, 3.05) is 16.8 Å². The zero-order valence-electron chi connectivity index (χ0n) is 13.4. The first-order chi connectivity index (χ1) is 10.5. The minimum Gasteiger partial charge on any atom is -0.359 e. The summed E-state index contributed by atoms with van der Waals surface area (Å²) in [5.74, 6) is 0.0341. The van der Waals surface area contributed by atoms with Crippen LogP contribution in [0.1, 0.15) is 23.6 Å². The summed E-state index contributed by atoms with van der Waals surface area (Å²) in [6, 6.07) is 14.7. The van der Waals surface area contributed by atoms with E-state index in [1.165, 1.54) is 22.4 Å². The van der Waals surface area contributed by atoms with Crippen LogP contribution in [0.4, 0.5) is 11.4 Å². The van der Waals surface area contributed by atoms with Crippen molar-refractivity contribution < 1.29 is 4.79 Å². The normalized spacial score (nSPS) is 16.5. The second-order valence-corrected chi connectivity index (χ2v) is 6.16. The van der Waals surface area contributed by atoms with E-state index in [0.29, 0.717) is 12.6 Å². The van der Waals surface area contributed by atoms with Gasteiger partial charge in [-0.15, -0.1) is 0 Å². The van der Waals surface area contributed by atoms with Crippen molar-refractivity contribution in [1.29, 1.82) is 0 Å². The number of hydrogen-bond acceptors (Lipinski definition) is 2. The van der Waals surface area contributed by atoms with Gasteiger partial charge < -0.3 is 10.2 Å². The second-order valence-electron chi connectivity index (χ2n) is 6.16. The maximum Gasteiger partial charge on any atom is 0.243 e. The summed E-state index contributed by atoms with van der Waals surface area (Å²) in [7, 11) is 0. The lowest BCUT2D eigenvalue weighted by Crippen LogP contribution is -2.37. The summed E-state index contributed by atoms with van der Waals surface area (Å²) < 4.78 is 0. The predicted molar refractivity (Wildman–Crippen MR) is 91.5 cm³/mol. The Balaban J connectivity index is 1.70. The molecule has 2 aromatic rings. The third-order valence-electron chi connectivity index (χ3n) is 4.45. The lowest BCUT2D eigenvalue weighted by Gasteiger charge is -2.24. The van der Waals surface area contributed by atoms with Crippen LogP contribution < -0.4 is 10.2 Å². The lowest BCUT2D eigenvalue weighted by atomic mass is 10.1. The van der Waals surface area contributed by atoms with E-state index in [1.54, 1.807) is 0 Å². The van der Waals surface area contributed by atoms with Gasteiger partial charge in [0.05, 0.1) is 6.54 Å². The molecule has 1 N–H and O–H groups in total. The number of amides is 1. The Morgan fingerprint density at radius 1 is 1.18 bits per heavy atom. The first kappa shape index (κ1) is 14.6. The molecule has 0 bridgehead atoms. The number of fused-ring (bicyclic) bond motifs is 1. The third kappa shape index (κ3) is 2.84. The first-order valence-electron chi connectivity index (χ1n) is 7.76. The van der Waals surface area contributed by atoms with Gasteiger partial charge in [0.1, 0.15) is 0 Å². The van der Waals surface area contributed by atoms with Crippen LogP contribution in [0, 0.1) is 13.8 Å². The molecule has 1 amide bonds. The van der Waals surface area contributed by atoms with Crippen LogP contribution in [0.3, 0.4) is 0 Å². The summed E-state index contributed by atoms with van der Waals surface area (Å²) in [6.07, 6.45) is 1.01. The summed E-state index contributed by atoms with van der Waals surface area (Å²) in [5.41, 5.74) is 5.81. The predicted octanol–water partition coefficient (Wildman–Crippen LogP) is 3.69. The van der Waals surface area contributed by atoms with E-state index >= 15 is 0 Å². The number of nitrogens with one attached hydrogen (secondary N) is 1. The van der Waals surface area contributed by atoms with Gasteiger partial charge in [-0.1, -0.05) is 24.3 Å². The molecule has 1 heterocycles. The van der Waals surface area contributed by atoms with E-state index in [-0.39, 0.29) is 5.91 Å². The molecule has 0 fully saturated rings. The maximum absolute atomic E-state index is 12.4. The molecule has 0 radical (unpaired) electrons. The molecule has 0 spiro atoms. The number of anilines is 2. The van der Waals surface area contributed by atoms with Gasteiger partial charge in [-0.05, 0) is 62.1 Å². The zero-order valence-corrected chi connectivity index (χ0v) is 13.4. The molecule has 1 aliphatic heterocycles. The summed E-state index contributed by atoms with van der Waals surface area (Å²) >= 11 is 0. The molecule has 1 unspecified atom stereocenters. The van der Waals surface area contributed by atoms with Crippen LogP contribution >= 0.6 is 0 Å². The highest BCUT2D eigenvalue weighted by Gasteiger charge is 2.26.